The first-order valence-corrected chi connectivity index (χ1v) is 9.18. The molecule has 0 aliphatic heterocycles. The van der Waals surface area contributed by atoms with E-state index in [0.717, 1.165) is 6.54 Å². The van der Waals surface area contributed by atoms with E-state index in [4.69, 9.17) is 0 Å². The van der Waals surface area contributed by atoms with Crippen LogP contribution in [0, 0.1) is 12.8 Å². The quantitative estimate of drug-likeness (QED) is 0.830. The fraction of sp³-hybridized carbons (Fsp3) is 0.500. The molecule has 0 bridgehead atoms. The Bertz CT molecular complexity index is 635. The zero-order valence-corrected chi connectivity index (χ0v) is 14.4. The maximum Gasteiger partial charge on any atom is 0.275 e. The average Bonchev–Trinajstić information content (AvgIpc) is 3.11. The fourth-order valence-electron chi connectivity index (χ4n) is 3.31. The molecule has 0 saturated heterocycles. The Kier molecular flexibility index (Phi) is 5.39. The van der Waals surface area contributed by atoms with E-state index in [1.54, 1.807) is 5.38 Å². The Hall–Kier alpha value is -1.75. The van der Waals surface area contributed by atoms with Gasteiger partial charge in [0.25, 0.3) is 5.91 Å². The summed E-state index contributed by atoms with van der Waals surface area (Å²) in [6.07, 6.45) is 6.36. The molecular formula is C18H23N3OS. The molecule has 0 radical (unpaired) electrons. The largest absolute Gasteiger partial charge is 0.333 e. The van der Waals surface area contributed by atoms with Crippen molar-refractivity contribution < 1.29 is 4.79 Å². The molecule has 23 heavy (non-hydrogen) atoms. The van der Waals surface area contributed by atoms with Gasteiger partial charge in [-0.05, 0) is 48.3 Å². The molecule has 122 valence electrons. The lowest BCUT2D eigenvalue weighted by molar-refractivity contribution is 0.0693. The highest BCUT2D eigenvalue weighted by Crippen LogP contribution is 2.26. The maximum absolute atomic E-state index is 12.8. The van der Waals surface area contributed by atoms with Gasteiger partial charge in [0.05, 0.1) is 0 Å². The minimum absolute atomic E-state index is 0.00702. The molecule has 1 aromatic heterocycles. The van der Waals surface area contributed by atoms with Crippen LogP contribution in [0.1, 0.15) is 53.7 Å². The summed E-state index contributed by atoms with van der Waals surface area (Å²) in [5.41, 5.74) is 2.91. The third-order valence-corrected chi connectivity index (χ3v) is 5.20. The highest BCUT2D eigenvalue weighted by atomic mass is 32.1. The van der Waals surface area contributed by atoms with Gasteiger partial charge in [0.1, 0.15) is 0 Å². The molecule has 0 unspecified atom stereocenters. The number of rotatable bonds is 5. The molecule has 5 heteroatoms. The lowest BCUT2D eigenvalue weighted by Crippen LogP contribution is -2.36. The molecule has 3 rings (SSSR count). The number of hydrogen-bond acceptors (Lipinski definition) is 4. The van der Waals surface area contributed by atoms with Gasteiger partial charge in [-0.25, -0.2) is 0 Å². The molecule has 1 heterocycles. The second-order valence-corrected chi connectivity index (χ2v) is 7.02. The van der Waals surface area contributed by atoms with Crippen LogP contribution in [0.4, 0.5) is 0 Å². The number of aromatic nitrogens is 2. The second-order valence-electron chi connectivity index (χ2n) is 6.41. The van der Waals surface area contributed by atoms with Crippen LogP contribution in [0.15, 0.2) is 29.6 Å². The Morgan fingerprint density at radius 2 is 2.04 bits per heavy atom. The van der Waals surface area contributed by atoms with Crippen molar-refractivity contribution in [1.82, 2.24) is 14.5 Å². The summed E-state index contributed by atoms with van der Waals surface area (Å²) in [4.78, 5) is 14.8. The van der Waals surface area contributed by atoms with Crippen molar-refractivity contribution in [3.63, 3.8) is 0 Å². The van der Waals surface area contributed by atoms with Crippen LogP contribution in [-0.2, 0) is 6.54 Å². The van der Waals surface area contributed by atoms with Gasteiger partial charge in [-0.3, -0.25) is 4.79 Å². The van der Waals surface area contributed by atoms with Crippen LogP contribution in [-0.4, -0.2) is 26.9 Å². The summed E-state index contributed by atoms with van der Waals surface area (Å²) in [5.74, 6) is 0.621. The third kappa shape index (κ3) is 4.16. The maximum atomic E-state index is 12.8. The summed E-state index contributed by atoms with van der Waals surface area (Å²) >= 11 is 1.23. The monoisotopic (exact) mass is 329 g/mol. The predicted molar refractivity (Wildman–Crippen MR) is 92.4 cm³/mol. The predicted octanol–water partition coefficient (Wildman–Crippen LogP) is 4.07. The lowest BCUT2D eigenvalue weighted by Gasteiger charge is -2.30. The number of benzene rings is 1. The Morgan fingerprint density at radius 1 is 1.26 bits per heavy atom. The summed E-state index contributed by atoms with van der Waals surface area (Å²) < 4.78 is 3.84. The molecule has 1 aliphatic rings. The molecule has 0 N–H and O–H groups in total. The zero-order valence-electron chi connectivity index (χ0n) is 13.6. The van der Waals surface area contributed by atoms with E-state index in [1.807, 2.05) is 17.0 Å². The number of carbonyl (C=O) groups excluding carboxylic acids is 1. The van der Waals surface area contributed by atoms with Gasteiger partial charge < -0.3 is 4.90 Å². The number of nitrogens with zero attached hydrogens (tertiary/aromatic N) is 3. The smallest absolute Gasteiger partial charge is 0.275 e. The Balaban J connectivity index is 1.77. The molecule has 0 atom stereocenters. The summed E-state index contributed by atoms with van der Waals surface area (Å²) in [6, 6.07) is 8.28. The molecule has 1 aliphatic carbocycles. The topological polar surface area (TPSA) is 46.1 Å². The Morgan fingerprint density at radius 3 is 2.74 bits per heavy atom. The number of aryl methyl sites for hydroxylation is 1. The summed E-state index contributed by atoms with van der Waals surface area (Å²) in [7, 11) is 0. The standard InChI is InChI=1S/C18H23N3OS/c1-14-7-5-6-10-16(14)12-21(11-15-8-3-2-4-9-15)18(22)17-13-23-20-19-17/h5-7,10,13,15H,2-4,8-9,11-12H2,1H3. The van der Waals surface area contributed by atoms with Crippen LogP contribution in [0.25, 0.3) is 0 Å². The van der Waals surface area contributed by atoms with Gasteiger partial charge in [-0.2, -0.15) is 0 Å². The normalized spacial score (nSPS) is 15.5. The number of amides is 1. The molecule has 1 aromatic carbocycles. The van der Waals surface area contributed by atoms with E-state index in [9.17, 15) is 4.79 Å². The fourth-order valence-corrected chi connectivity index (χ4v) is 3.74. The van der Waals surface area contributed by atoms with E-state index in [1.165, 1.54) is 54.8 Å². The van der Waals surface area contributed by atoms with E-state index in [0.29, 0.717) is 18.2 Å². The van der Waals surface area contributed by atoms with Crippen molar-refractivity contribution in [2.75, 3.05) is 6.54 Å². The van der Waals surface area contributed by atoms with Crippen molar-refractivity contribution in [2.24, 2.45) is 5.92 Å². The molecular weight excluding hydrogens is 306 g/mol. The van der Waals surface area contributed by atoms with Crippen LogP contribution in [0.3, 0.4) is 0 Å². The minimum atomic E-state index is 0.00702. The van der Waals surface area contributed by atoms with Gasteiger partial charge in [-0.15, -0.1) is 5.10 Å². The van der Waals surface area contributed by atoms with Crippen molar-refractivity contribution in [3.8, 4) is 0 Å². The van der Waals surface area contributed by atoms with Crippen LogP contribution >= 0.6 is 11.5 Å². The first-order chi connectivity index (χ1) is 11.2. The van der Waals surface area contributed by atoms with Crippen molar-refractivity contribution in [3.05, 3.63) is 46.5 Å². The van der Waals surface area contributed by atoms with Crippen LogP contribution < -0.4 is 0 Å². The van der Waals surface area contributed by atoms with Gasteiger partial charge in [0, 0.05) is 18.5 Å². The van der Waals surface area contributed by atoms with Crippen LogP contribution in [0.5, 0.6) is 0 Å². The summed E-state index contributed by atoms with van der Waals surface area (Å²) in [6.45, 7) is 3.58. The second kappa shape index (κ2) is 7.68. The number of carbonyl (C=O) groups is 1. The van der Waals surface area contributed by atoms with Gasteiger partial charge >= 0.3 is 0 Å². The third-order valence-electron chi connectivity index (χ3n) is 4.69. The molecule has 1 saturated carbocycles. The molecule has 2 aromatic rings. The van der Waals surface area contributed by atoms with Gasteiger partial charge in [0.2, 0.25) is 0 Å². The minimum Gasteiger partial charge on any atom is -0.333 e. The molecule has 1 amide bonds. The van der Waals surface area contributed by atoms with Crippen molar-refractivity contribution in [2.45, 2.75) is 45.6 Å². The first-order valence-electron chi connectivity index (χ1n) is 8.35. The highest BCUT2D eigenvalue weighted by molar-refractivity contribution is 7.03. The highest BCUT2D eigenvalue weighted by Gasteiger charge is 2.24. The zero-order chi connectivity index (χ0) is 16.1. The molecule has 1 fully saturated rings. The SMILES string of the molecule is Cc1ccccc1CN(CC1CCCCC1)C(=O)c1csnn1. The molecule has 4 nitrogen and oxygen atoms in total. The van der Waals surface area contributed by atoms with Crippen molar-refractivity contribution >= 4 is 17.4 Å². The summed E-state index contributed by atoms with van der Waals surface area (Å²) in [5, 5.41) is 5.72. The van der Waals surface area contributed by atoms with Crippen molar-refractivity contribution in [1.29, 1.82) is 0 Å². The Labute approximate surface area is 141 Å². The lowest BCUT2D eigenvalue weighted by atomic mass is 9.88. The van der Waals surface area contributed by atoms with E-state index >= 15 is 0 Å². The first kappa shape index (κ1) is 16.1. The van der Waals surface area contributed by atoms with Gasteiger partial charge in [0.15, 0.2) is 5.69 Å². The van der Waals surface area contributed by atoms with Crippen LogP contribution in [0.2, 0.25) is 0 Å². The van der Waals surface area contributed by atoms with E-state index in [2.05, 4.69) is 28.6 Å². The molecule has 0 spiro atoms. The van der Waals surface area contributed by atoms with E-state index in [-0.39, 0.29) is 5.91 Å². The van der Waals surface area contributed by atoms with E-state index < -0.39 is 0 Å². The average molecular weight is 329 g/mol. The van der Waals surface area contributed by atoms with Gasteiger partial charge in [-0.1, -0.05) is 48.0 Å². The number of hydrogen-bond donors (Lipinski definition) is 0.